The van der Waals surface area contributed by atoms with Gasteiger partial charge in [-0.3, -0.25) is 20.7 Å². The number of hydrogen-bond acceptors (Lipinski definition) is 7. The van der Waals surface area contributed by atoms with Gasteiger partial charge in [-0.15, -0.1) is 0 Å². The van der Waals surface area contributed by atoms with Crippen molar-refractivity contribution in [3.63, 3.8) is 0 Å². The summed E-state index contributed by atoms with van der Waals surface area (Å²) in [6.07, 6.45) is 11.9. The van der Waals surface area contributed by atoms with E-state index in [1.54, 1.807) is 0 Å². The van der Waals surface area contributed by atoms with Gasteiger partial charge >= 0.3 is 5.97 Å². The van der Waals surface area contributed by atoms with E-state index in [2.05, 4.69) is 20.9 Å². The topological polar surface area (TPSA) is 74.9 Å². The number of methoxy groups -OCH3 is 2. The number of nitrogens with zero attached hydrogens (tertiary/aromatic N) is 1. The van der Waals surface area contributed by atoms with Crippen molar-refractivity contribution >= 4 is 5.97 Å². The Morgan fingerprint density at radius 1 is 0.935 bits per heavy atom. The van der Waals surface area contributed by atoms with Crippen molar-refractivity contribution in [1.82, 2.24) is 20.9 Å². The molecule has 1 unspecified atom stereocenters. The maximum Gasteiger partial charge on any atom is 0.310 e. The van der Waals surface area contributed by atoms with E-state index >= 15 is 0 Å². The summed E-state index contributed by atoms with van der Waals surface area (Å²) in [6, 6.07) is 0.608. The molecular formula is C24H44N4O3. The Kier molecular flexibility index (Phi) is 8.63. The first kappa shape index (κ1) is 23.4. The molecule has 0 bridgehead atoms. The van der Waals surface area contributed by atoms with Gasteiger partial charge in [0, 0.05) is 39.3 Å². The van der Waals surface area contributed by atoms with Crippen LogP contribution in [0.3, 0.4) is 0 Å². The van der Waals surface area contributed by atoms with E-state index in [4.69, 9.17) is 9.47 Å². The van der Waals surface area contributed by atoms with Crippen molar-refractivity contribution in [2.24, 2.45) is 23.7 Å². The monoisotopic (exact) mass is 436 g/mol. The highest BCUT2D eigenvalue weighted by molar-refractivity contribution is 5.72. The Hall–Kier alpha value is -0.730. The van der Waals surface area contributed by atoms with Crippen molar-refractivity contribution in [2.75, 3.05) is 46.9 Å². The summed E-state index contributed by atoms with van der Waals surface area (Å²) in [5.74, 6) is 2.42. The van der Waals surface area contributed by atoms with Gasteiger partial charge in [0.2, 0.25) is 0 Å². The molecule has 4 rings (SSSR count). The van der Waals surface area contributed by atoms with Crippen molar-refractivity contribution in [3.05, 3.63) is 0 Å². The molecule has 4 fully saturated rings. The molecule has 1 atom stereocenters. The lowest BCUT2D eigenvalue weighted by molar-refractivity contribution is -0.144. The predicted molar refractivity (Wildman–Crippen MR) is 121 cm³/mol. The van der Waals surface area contributed by atoms with Crippen molar-refractivity contribution in [3.8, 4) is 0 Å². The number of esters is 1. The minimum absolute atomic E-state index is 0.0345. The normalized spacial score (nSPS) is 40.0. The van der Waals surface area contributed by atoms with E-state index in [1.807, 2.05) is 7.11 Å². The first-order valence-corrected chi connectivity index (χ1v) is 12.7. The van der Waals surface area contributed by atoms with E-state index in [1.165, 1.54) is 58.5 Å². The molecule has 0 amide bonds. The van der Waals surface area contributed by atoms with E-state index in [-0.39, 0.29) is 18.2 Å². The minimum atomic E-state index is -0.0345. The molecule has 7 nitrogen and oxygen atoms in total. The van der Waals surface area contributed by atoms with Gasteiger partial charge in [0.15, 0.2) is 0 Å². The average molecular weight is 437 g/mol. The summed E-state index contributed by atoms with van der Waals surface area (Å²) in [4.78, 5) is 14.2. The van der Waals surface area contributed by atoms with Gasteiger partial charge in [-0.2, -0.15) is 0 Å². The van der Waals surface area contributed by atoms with Crippen LogP contribution in [0.5, 0.6) is 0 Å². The molecule has 3 N–H and O–H groups in total. The first-order chi connectivity index (χ1) is 15.1. The van der Waals surface area contributed by atoms with E-state index in [9.17, 15) is 4.79 Å². The van der Waals surface area contributed by atoms with E-state index < -0.39 is 0 Å². The second-order valence-corrected chi connectivity index (χ2v) is 10.4. The molecule has 0 spiro atoms. The molecule has 0 aromatic rings. The Morgan fingerprint density at radius 2 is 1.65 bits per heavy atom. The van der Waals surface area contributed by atoms with Crippen LogP contribution >= 0.6 is 0 Å². The predicted octanol–water partition coefficient (Wildman–Crippen LogP) is 1.93. The van der Waals surface area contributed by atoms with Crippen LogP contribution in [0.15, 0.2) is 0 Å². The summed E-state index contributed by atoms with van der Waals surface area (Å²) in [5, 5.41) is 11.3. The van der Waals surface area contributed by atoms with E-state index in [0.717, 1.165) is 56.9 Å². The summed E-state index contributed by atoms with van der Waals surface area (Å²) in [7, 11) is 3.35. The smallest absolute Gasteiger partial charge is 0.310 e. The summed E-state index contributed by atoms with van der Waals surface area (Å²) in [6.45, 7) is 5.32. The Labute approximate surface area is 188 Å². The number of hydrogen-bond donors (Lipinski definition) is 3. The SMILES string of the molecule is COC(=O)C1CCN(CC2CCC(NC3NCC(C4CCC(OC)CC4)CN3)CC2)C1. The van der Waals surface area contributed by atoms with Gasteiger partial charge in [0.05, 0.1) is 19.1 Å². The zero-order valence-corrected chi connectivity index (χ0v) is 19.6. The lowest BCUT2D eigenvalue weighted by Gasteiger charge is -2.40. The average Bonchev–Trinajstić information content (AvgIpc) is 3.29. The molecule has 0 radical (unpaired) electrons. The minimum Gasteiger partial charge on any atom is -0.469 e. The Bertz CT molecular complexity index is 553. The number of rotatable bonds is 7. The molecule has 7 heteroatoms. The third kappa shape index (κ3) is 6.41. The van der Waals surface area contributed by atoms with Crippen LogP contribution in [0.2, 0.25) is 0 Å². The molecule has 0 aromatic carbocycles. The van der Waals surface area contributed by atoms with Crippen LogP contribution in [-0.2, 0) is 14.3 Å². The zero-order chi connectivity index (χ0) is 21.6. The standard InChI is InChI=1S/C24H44N4O3/c1-30-22-9-5-18(6-10-22)20-13-25-24(26-14-20)27-21-7-3-17(4-8-21)15-28-12-11-19(16-28)23(29)31-2/h17-22,24-27H,3-16H2,1-2H3. The highest BCUT2D eigenvalue weighted by Gasteiger charge is 2.33. The number of carbonyl (C=O) groups excluding carboxylic acids is 1. The van der Waals surface area contributed by atoms with Crippen LogP contribution in [-0.4, -0.2) is 76.2 Å². The Balaban J connectivity index is 1.10. The summed E-state index contributed by atoms with van der Waals surface area (Å²) in [5.41, 5.74) is 0. The molecule has 2 saturated heterocycles. The second-order valence-electron chi connectivity index (χ2n) is 10.4. The van der Waals surface area contributed by atoms with Gasteiger partial charge in [-0.25, -0.2) is 0 Å². The lowest BCUT2D eigenvalue weighted by atomic mass is 9.78. The highest BCUT2D eigenvalue weighted by atomic mass is 16.5. The van der Waals surface area contributed by atoms with Crippen LogP contribution in [0.25, 0.3) is 0 Å². The fourth-order valence-electron chi connectivity index (χ4n) is 6.40. The lowest BCUT2D eigenvalue weighted by Crippen LogP contribution is -2.63. The highest BCUT2D eigenvalue weighted by Crippen LogP contribution is 2.32. The van der Waals surface area contributed by atoms with Gasteiger partial charge in [-0.05, 0) is 82.1 Å². The van der Waals surface area contributed by atoms with E-state index in [0.29, 0.717) is 12.1 Å². The zero-order valence-electron chi connectivity index (χ0n) is 19.6. The molecule has 0 aromatic heterocycles. The summed E-state index contributed by atoms with van der Waals surface area (Å²) >= 11 is 0. The number of nitrogens with one attached hydrogen (secondary N) is 3. The quantitative estimate of drug-likeness (QED) is 0.527. The van der Waals surface area contributed by atoms with Gasteiger partial charge < -0.3 is 14.4 Å². The fraction of sp³-hybridized carbons (Fsp3) is 0.958. The van der Waals surface area contributed by atoms with Gasteiger partial charge in [0.1, 0.15) is 6.29 Å². The van der Waals surface area contributed by atoms with Crippen molar-refractivity contribution in [2.45, 2.75) is 76.2 Å². The number of ether oxygens (including phenoxy) is 2. The Morgan fingerprint density at radius 3 is 2.29 bits per heavy atom. The van der Waals surface area contributed by atoms with Crippen LogP contribution in [0.1, 0.15) is 57.8 Å². The molecule has 2 aliphatic heterocycles. The third-order valence-electron chi connectivity index (χ3n) is 8.46. The third-order valence-corrected chi connectivity index (χ3v) is 8.46. The molecule has 2 saturated carbocycles. The van der Waals surface area contributed by atoms with Crippen LogP contribution in [0.4, 0.5) is 0 Å². The van der Waals surface area contributed by atoms with Gasteiger partial charge in [0.25, 0.3) is 0 Å². The van der Waals surface area contributed by atoms with Crippen LogP contribution < -0.4 is 16.0 Å². The van der Waals surface area contributed by atoms with Gasteiger partial charge in [-0.1, -0.05) is 0 Å². The largest absolute Gasteiger partial charge is 0.469 e. The summed E-state index contributed by atoms with van der Waals surface area (Å²) < 4.78 is 10.4. The maximum absolute atomic E-state index is 11.7. The molecule has 31 heavy (non-hydrogen) atoms. The second kappa shape index (κ2) is 11.4. The molecular weight excluding hydrogens is 392 g/mol. The number of carbonyl (C=O) groups is 1. The first-order valence-electron chi connectivity index (χ1n) is 12.7. The van der Waals surface area contributed by atoms with Crippen LogP contribution in [0, 0.1) is 23.7 Å². The maximum atomic E-state index is 11.7. The molecule has 2 aliphatic carbocycles. The van der Waals surface area contributed by atoms with Crippen molar-refractivity contribution in [1.29, 1.82) is 0 Å². The fourth-order valence-corrected chi connectivity index (χ4v) is 6.40. The molecule has 4 aliphatic rings. The van der Waals surface area contributed by atoms with Crippen molar-refractivity contribution < 1.29 is 14.3 Å². The molecule has 2 heterocycles. The number of likely N-dealkylation sites (tertiary alicyclic amines) is 1. The molecule has 178 valence electrons.